The quantitative estimate of drug-likeness (QED) is 0.504. The van der Waals surface area contributed by atoms with E-state index in [0.717, 1.165) is 17.8 Å². The van der Waals surface area contributed by atoms with Crippen LogP contribution in [0.2, 0.25) is 0 Å². The van der Waals surface area contributed by atoms with Crippen LogP contribution in [0.1, 0.15) is 39.0 Å². The maximum Gasteiger partial charge on any atom is -0.0383 e. The van der Waals surface area contributed by atoms with Gasteiger partial charge in [-0.05, 0) is 37.0 Å². The molecule has 2 saturated carbocycles. The maximum absolute atomic E-state index is 2.35. The Balaban J connectivity index is 2.01. The van der Waals surface area contributed by atoms with Crippen molar-refractivity contribution in [2.24, 2.45) is 17.8 Å². The fourth-order valence-electron chi connectivity index (χ4n) is 2.88. The van der Waals surface area contributed by atoms with Gasteiger partial charge < -0.3 is 0 Å². The summed E-state index contributed by atoms with van der Waals surface area (Å²) in [5.74, 6) is 3.43. The van der Waals surface area contributed by atoms with E-state index in [9.17, 15) is 0 Å². The van der Waals surface area contributed by atoms with Gasteiger partial charge in [0.25, 0.3) is 0 Å². The topological polar surface area (TPSA) is 0 Å². The summed E-state index contributed by atoms with van der Waals surface area (Å²) in [6.45, 7) is 2.35. The van der Waals surface area contributed by atoms with E-state index < -0.39 is 0 Å². The van der Waals surface area contributed by atoms with Crippen molar-refractivity contribution in [3.05, 3.63) is 0 Å². The first-order chi connectivity index (χ1) is 4.40. The van der Waals surface area contributed by atoms with E-state index in [-0.39, 0.29) is 0 Å². The Hall–Kier alpha value is 0. The molecule has 0 heterocycles. The lowest BCUT2D eigenvalue weighted by Gasteiger charge is -2.18. The Morgan fingerprint density at radius 3 is 2.44 bits per heavy atom. The average molecular weight is 124 g/mol. The lowest BCUT2D eigenvalue weighted by molar-refractivity contribution is 0.324. The third-order valence-corrected chi connectivity index (χ3v) is 3.41. The van der Waals surface area contributed by atoms with Crippen LogP contribution < -0.4 is 0 Å². The number of hydrogen-bond acceptors (Lipinski definition) is 0. The summed E-state index contributed by atoms with van der Waals surface area (Å²) in [5.41, 5.74) is 0. The molecule has 0 nitrogen and oxygen atoms in total. The predicted octanol–water partition coefficient (Wildman–Crippen LogP) is 2.83. The van der Waals surface area contributed by atoms with E-state index in [0.29, 0.717) is 0 Å². The summed E-state index contributed by atoms with van der Waals surface area (Å²) in [6.07, 6.45) is 7.71. The molecular weight excluding hydrogens is 108 g/mol. The molecule has 9 heavy (non-hydrogen) atoms. The summed E-state index contributed by atoms with van der Waals surface area (Å²) in [6, 6.07) is 0. The van der Waals surface area contributed by atoms with E-state index in [2.05, 4.69) is 6.92 Å². The second-order valence-electron chi connectivity index (χ2n) is 3.84. The van der Waals surface area contributed by atoms with Crippen LogP contribution in [0.5, 0.6) is 0 Å². The third-order valence-electron chi connectivity index (χ3n) is 3.41. The highest BCUT2D eigenvalue weighted by Crippen LogP contribution is 2.49. The zero-order chi connectivity index (χ0) is 6.27. The molecule has 3 atom stereocenters. The van der Waals surface area contributed by atoms with Gasteiger partial charge in [0.2, 0.25) is 0 Å². The van der Waals surface area contributed by atoms with Gasteiger partial charge in [-0.2, -0.15) is 0 Å². The molecule has 2 fully saturated rings. The van der Waals surface area contributed by atoms with Gasteiger partial charge in [-0.15, -0.1) is 0 Å². The van der Waals surface area contributed by atoms with Crippen molar-refractivity contribution in [3.8, 4) is 0 Å². The van der Waals surface area contributed by atoms with E-state index in [1.165, 1.54) is 6.42 Å². The highest BCUT2D eigenvalue weighted by Gasteiger charge is 2.37. The van der Waals surface area contributed by atoms with Gasteiger partial charge >= 0.3 is 0 Å². The zero-order valence-electron chi connectivity index (χ0n) is 6.27. The van der Waals surface area contributed by atoms with E-state index in [4.69, 9.17) is 0 Å². The van der Waals surface area contributed by atoms with E-state index in [1.54, 1.807) is 25.7 Å². The van der Waals surface area contributed by atoms with Crippen LogP contribution in [0.4, 0.5) is 0 Å². The van der Waals surface area contributed by atoms with Crippen LogP contribution in [0.15, 0.2) is 0 Å². The Morgan fingerprint density at radius 2 is 2.11 bits per heavy atom. The van der Waals surface area contributed by atoms with Crippen molar-refractivity contribution in [1.82, 2.24) is 0 Å². The number of rotatable bonds is 1. The van der Waals surface area contributed by atoms with Crippen molar-refractivity contribution in [2.75, 3.05) is 0 Å². The summed E-state index contributed by atoms with van der Waals surface area (Å²) in [5, 5.41) is 0. The summed E-state index contributed by atoms with van der Waals surface area (Å²) in [4.78, 5) is 0. The molecule has 52 valence electrons. The van der Waals surface area contributed by atoms with Crippen LogP contribution in [0.3, 0.4) is 0 Å². The minimum atomic E-state index is 1.13. The molecule has 0 aromatic heterocycles. The molecule has 0 amide bonds. The molecule has 2 rings (SSSR count). The first-order valence-corrected chi connectivity index (χ1v) is 4.40. The van der Waals surface area contributed by atoms with Crippen LogP contribution in [-0.2, 0) is 0 Å². The van der Waals surface area contributed by atoms with Gasteiger partial charge in [-0.1, -0.05) is 19.8 Å². The predicted molar refractivity (Wildman–Crippen MR) is 39.2 cm³/mol. The molecule has 2 unspecified atom stereocenters. The first kappa shape index (κ1) is 5.76. The van der Waals surface area contributed by atoms with Crippen molar-refractivity contribution in [2.45, 2.75) is 39.0 Å². The highest BCUT2D eigenvalue weighted by molar-refractivity contribution is 4.88. The fraction of sp³-hybridized carbons (Fsp3) is 1.00. The van der Waals surface area contributed by atoms with Gasteiger partial charge in [-0.3, -0.25) is 0 Å². The summed E-state index contributed by atoms with van der Waals surface area (Å²) >= 11 is 0. The Bertz CT molecular complexity index is 107. The molecule has 0 aromatic rings. The Kier molecular flexibility index (Phi) is 1.28. The second kappa shape index (κ2) is 2.00. The standard InChI is InChI=1S/C9H16/c1-2-8-5-7-3-4-9(8)6-7/h7-9H,2-6H2,1H3/t7?,8-,9?/m1/s1. The normalized spacial score (nSPS) is 48.3. The molecular formula is C9H16. The van der Waals surface area contributed by atoms with E-state index in [1.807, 2.05) is 0 Å². The van der Waals surface area contributed by atoms with Crippen molar-refractivity contribution >= 4 is 0 Å². The third kappa shape index (κ3) is 0.798. The molecule has 0 spiro atoms. The van der Waals surface area contributed by atoms with Crippen LogP contribution in [0.25, 0.3) is 0 Å². The molecule has 2 bridgehead atoms. The molecule has 0 N–H and O–H groups in total. The highest BCUT2D eigenvalue weighted by atomic mass is 14.4. The Morgan fingerprint density at radius 1 is 1.22 bits per heavy atom. The van der Waals surface area contributed by atoms with Gasteiger partial charge in [-0.25, -0.2) is 0 Å². The summed E-state index contributed by atoms with van der Waals surface area (Å²) in [7, 11) is 0. The van der Waals surface area contributed by atoms with Gasteiger partial charge in [0.05, 0.1) is 0 Å². The minimum Gasteiger partial charge on any atom is -0.0651 e. The van der Waals surface area contributed by atoms with Crippen LogP contribution >= 0.6 is 0 Å². The van der Waals surface area contributed by atoms with Crippen molar-refractivity contribution in [1.29, 1.82) is 0 Å². The molecule has 0 saturated heterocycles. The van der Waals surface area contributed by atoms with Gasteiger partial charge in [0.1, 0.15) is 0 Å². The Labute approximate surface area is 57.6 Å². The lowest BCUT2D eigenvalue weighted by Crippen LogP contribution is -2.08. The van der Waals surface area contributed by atoms with E-state index >= 15 is 0 Å². The average Bonchev–Trinajstić information content (AvgIpc) is 2.45. The molecule has 0 radical (unpaired) electrons. The zero-order valence-corrected chi connectivity index (χ0v) is 6.27. The number of fused-ring (bicyclic) bond motifs is 2. The SMILES string of the molecule is CC[C@@H]1CC2CCC1C2. The van der Waals surface area contributed by atoms with Crippen molar-refractivity contribution < 1.29 is 0 Å². The second-order valence-corrected chi connectivity index (χ2v) is 3.84. The van der Waals surface area contributed by atoms with Gasteiger partial charge in [0.15, 0.2) is 0 Å². The fourth-order valence-corrected chi connectivity index (χ4v) is 2.88. The monoisotopic (exact) mass is 124 g/mol. The molecule has 2 aliphatic carbocycles. The van der Waals surface area contributed by atoms with Crippen molar-refractivity contribution in [3.63, 3.8) is 0 Å². The largest absolute Gasteiger partial charge is 0.0651 e. The number of hydrogen-bond donors (Lipinski definition) is 0. The first-order valence-electron chi connectivity index (χ1n) is 4.40. The molecule has 0 aromatic carbocycles. The lowest BCUT2D eigenvalue weighted by atomic mass is 9.87. The molecule has 0 heteroatoms. The minimum absolute atomic E-state index is 1.13. The van der Waals surface area contributed by atoms with Gasteiger partial charge in [0, 0.05) is 0 Å². The molecule has 0 aliphatic heterocycles. The molecule has 2 aliphatic rings. The maximum atomic E-state index is 2.35. The van der Waals surface area contributed by atoms with Crippen LogP contribution in [-0.4, -0.2) is 0 Å². The van der Waals surface area contributed by atoms with Crippen LogP contribution in [0, 0.1) is 17.8 Å². The summed E-state index contributed by atoms with van der Waals surface area (Å²) < 4.78 is 0. The smallest absolute Gasteiger partial charge is 0.0383 e.